The fraction of sp³-hybridized carbons (Fsp3) is 0.500. The normalized spacial score (nSPS) is 54.4. The lowest BCUT2D eigenvalue weighted by Crippen LogP contribution is -2.06. The summed E-state index contributed by atoms with van der Waals surface area (Å²) in [5, 5.41) is 0. The minimum atomic E-state index is 0.413. The Morgan fingerprint density at radius 2 is 2.30 bits per heavy atom. The Morgan fingerprint density at radius 3 is 3.20 bits per heavy atom. The van der Waals surface area contributed by atoms with E-state index in [2.05, 4.69) is 24.0 Å². The summed E-state index contributed by atoms with van der Waals surface area (Å²) in [5.74, 6) is 3.52. The van der Waals surface area contributed by atoms with Crippen molar-refractivity contribution in [3.8, 4) is 0 Å². The van der Waals surface area contributed by atoms with E-state index in [0.29, 0.717) is 15.2 Å². The molecule has 1 saturated heterocycles. The first kappa shape index (κ1) is 5.92. The summed E-state index contributed by atoms with van der Waals surface area (Å²) in [6, 6.07) is 0. The van der Waals surface area contributed by atoms with Crippen molar-refractivity contribution in [1.82, 2.24) is 0 Å². The number of fused-ring (bicyclic) bond motifs is 5. The molecule has 0 nitrogen and oxygen atoms in total. The molecule has 0 aliphatic carbocycles. The average Bonchev–Trinajstić information content (AvgIpc) is 2.60. The smallest absolute Gasteiger partial charge is 0.00812 e. The van der Waals surface area contributed by atoms with Crippen LogP contribution in [0.3, 0.4) is 0 Å². The largest absolute Gasteiger partial charge is 0.0832 e. The van der Waals surface area contributed by atoms with Crippen LogP contribution in [0.2, 0.25) is 0 Å². The predicted octanol–water partition coefficient (Wildman–Crippen LogP) is 2.96. The van der Waals surface area contributed by atoms with Gasteiger partial charge in [0.05, 0.1) is 0 Å². The fourth-order valence-electron chi connectivity index (χ4n) is 2.13. The first-order valence-corrected chi connectivity index (χ1v) is 7.73. The van der Waals surface area contributed by atoms with Crippen molar-refractivity contribution in [2.24, 2.45) is 5.92 Å². The van der Waals surface area contributed by atoms with Crippen LogP contribution in [0.4, 0.5) is 0 Å². The second-order valence-corrected chi connectivity index (χ2v) is 9.63. The van der Waals surface area contributed by atoms with Gasteiger partial charge in [0.1, 0.15) is 0 Å². The Kier molecular flexibility index (Phi) is 1.14. The van der Waals surface area contributed by atoms with Crippen LogP contribution < -0.4 is 0 Å². The fourth-order valence-corrected chi connectivity index (χ4v) is 10.7. The summed E-state index contributed by atoms with van der Waals surface area (Å²) >= 11 is 0. The van der Waals surface area contributed by atoms with Crippen LogP contribution in [-0.4, -0.2) is 18.0 Å². The highest BCUT2D eigenvalue weighted by Crippen LogP contribution is 2.83. The van der Waals surface area contributed by atoms with Crippen molar-refractivity contribution in [2.75, 3.05) is 12.3 Å². The van der Waals surface area contributed by atoms with E-state index in [9.17, 15) is 0 Å². The summed E-state index contributed by atoms with van der Waals surface area (Å²) in [6.45, 7) is 0. The molecule has 10 heavy (non-hydrogen) atoms. The van der Waals surface area contributed by atoms with Gasteiger partial charge in [0.15, 0.2) is 0 Å². The number of rotatable bonds is 0. The van der Waals surface area contributed by atoms with Crippen LogP contribution in [-0.2, 0) is 0 Å². The first-order valence-electron chi connectivity index (χ1n) is 3.83. The third-order valence-corrected chi connectivity index (χ3v) is 10.6. The summed E-state index contributed by atoms with van der Waals surface area (Å²) in [6.07, 6.45) is 10.4. The molecular weight excluding hydrogens is 158 g/mol. The molecule has 0 aromatic heterocycles. The molecule has 3 rings (SSSR count). The molecule has 2 heteroatoms. The van der Waals surface area contributed by atoms with Gasteiger partial charge in [-0.15, -0.1) is 0 Å². The monoisotopic (exact) mass is 168 g/mol. The van der Waals surface area contributed by atoms with Crippen LogP contribution in [0.1, 0.15) is 0 Å². The summed E-state index contributed by atoms with van der Waals surface area (Å²) < 4.78 is 0. The topological polar surface area (TPSA) is 0 Å². The second kappa shape index (κ2) is 1.93. The molecule has 1 fully saturated rings. The zero-order chi connectivity index (χ0) is 6.55. The Hall–Kier alpha value is 0.340. The first-order chi connectivity index (χ1) is 4.95. The van der Waals surface area contributed by atoms with E-state index in [0.717, 1.165) is 11.6 Å². The van der Waals surface area contributed by atoms with Crippen molar-refractivity contribution in [3.05, 3.63) is 24.0 Å². The highest BCUT2D eigenvalue weighted by atomic mass is 32.1. The van der Waals surface area contributed by atoms with Crippen molar-refractivity contribution in [2.45, 2.75) is 5.66 Å². The third-order valence-electron chi connectivity index (χ3n) is 2.64. The summed E-state index contributed by atoms with van der Waals surface area (Å²) in [4.78, 5) is 0. The van der Waals surface area contributed by atoms with Gasteiger partial charge < -0.3 is 0 Å². The van der Waals surface area contributed by atoms with Gasteiger partial charge in [-0.05, 0) is 18.2 Å². The van der Waals surface area contributed by atoms with Gasteiger partial charge >= 0.3 is 0 Å². The van der Waals surface area contributed by atoms with Gasteiger partial charge in [0.25, 0.3) is 0 Å². The lowest BCUT2D eigenvalue weighted by molar-refractivity contribution is 0.791. The number of hydrogen-bond acceptors (Lipinski definition) is 0. The van der Waals surface area contributed by atoms with Crippen LogP contribution >= 0.6 is 15.2 Å². The lowest BCUT2D eigenvalue weighted by atomic mass is 10.1. The maximum Gasteiger partial charge on any atom is 0.00812 e. The molecule has 3 aliphatic rings. The Balaban J connectivity index is 2.04. The van der Waals surface area contributed by atoms with E-state index in [1.165, 1.54) is 6.16 Å². The zero-order valence-electron chi connectivity index (χ0n) is 5.77. The highest BCUT2D eigenvalue weighted by Gasteiger charge is 2.43. The predicted molar refractivity (Wildman–Crippen MR) is 49.1 cm³/mol. The molecule has 2 bridgehead atoms. The lowest BCUT2D eigenvalue weighted by Gasteiger charge is -2.19. The molecule has 0 saturated carbocycles. The molecule has 0 amide bonds. The summed E-state index contributed by atoms with van der Waals surface area (Å²) in [5.41, 5.74) is 1.03. The molecule has 0 aromatic carbocycles. The SMILES string of the molecule is C1=C[C@H]2[C@H]3C=C[P@@](C3)[P@]2C1. The van der Waals surface area contributed by atoms with Crippen LogP contribution in [0, 0.1) is 5.92 Å². The second-order valence-electron chi connectivity index (χ2n) is 3.17. The molecule has 0 spiro atoms. The van der Waals surface area contributed by atoms with Crippen molar-refractivity contribution < 1.29 is 0 Å². The quantitative estimate of drug-likeness (QED) is 0.385. The summed E-state index contributed by atoms with van der Waals surface area (Å²) in [7, 11) is 0.873. The minimum Gasteiger partial charge on any atom is -0.0832 e. The number of hydrogen-bond donors (Lipinski definition) is 0. The third kappa shape index (κ3) is 0.601. The molecule has 3 heterocycles. The van der Waals surface area contributed by atoms with Crippen molar-refractivity contribution >= 4 is 15.2 Å². The van der Waals surface area contributed by atoms with Gasteiger partial charge in [-0.3, -0.25) is 0 Å². The van der Waals surface area contributed by atoms with Gasteiger partial charge in [-0.2, -0.15) is 0 Å². The minimum absolute atomic E-state index is 0.413. The van der Waals surface area contributed by atoms with Gasteiger partial charge in [-0.1, -0.05) is 39.3 Å². The van der Waals surface area contributed by atoms with Gasteiger partial charge in [0, 0.05) is 5.66 Å². The molecule has 0 unspecified atom stereocenters. The van der Waals surface area contributed by atoms with Crippen LogP contribution in [0.15, 0.2) is 24.0 Å². The van der Waals surface area contributed by atoms with Crippen molar-refractivity contribution in [1.29, 1.82) is 0 Å². The van der Waals surface area contributed by atoms with E-state index in [-0.39, 0.29) is 0 Å². The molecule has 4 atom stereocenters. The molecule has 0 N–H and O–H groups in total. The van der Waals surface area contributed by atoms with E-state index < -0.39 is 0 Å². The average molecular weight is 168 g/mol. The zero-order valence-corrected chi connectivity index (χ0v) is 7.56. The standard InChI is InChI=1S/C8H10P2/c1-2-8-7-3-5-9(6-7)10(8)4-1/h1-3,5,7-8H,4,6H2/t7-,8-,9-,10+/m0/s1. The highest BCUT2D eigenvalue weighted by molar-refractivity contribution is 8.32. The maximum absolute atomic E-state index is 2.54. The van der Waals surface area contributed by atoms with Gasteiger partial charge in [-0.25, -0.2) is 0 Å². The van der Waals surface area contributed by atoms with E-state index in [4.69, 9.17) is 0 Å². The Morgan fingerprint density at radius 1 is 1.30 bits per heavy atom. The Labute approximate surface area is 63.8 Å². The molecule has 3 aliphatic heterocycles. The Bertz CT molecular complexity index is 219. The maximum atomic E-state index is 2.54. The molecule has 0 aromatic rings. The van der Waals surface area contributed by atoms with Crippen LogP contribution in [0.5, 0.6) is 0 Å². The molecular formula is C8H10P2. The molecule has 52 valence electrons. The van der Waals surface area contributed by atoms with Crippen molar-refractivity contribution in [3.63, 3.8) is 0 Å². The van der Waals surface area contributed by atoms with E-state index in [1.54, 1.807) is 6.16 Å². The van der Waals surface area contributed by atoms with E-state index >= 15 is 0 Å². The van der Waals surface area contributed by atoms with E-state index in [1.807, 2.05) is 0 Å². The molecule has 0 radical (unpaired) electrons. The van der Waals surface area contributed by atoms with Gasteiger partial charge in [0.2, 0.25) is 0 Å². The number of allylic oxidation sites excluding steroid dienone is 3. The van der Waals surface area contributed by atoms with Crippen LogP contribution in [0.25, 0.3) is 0 Å².